The highest BCUT2D eigenvalue weighted by atomic mass is 32.2. The fourth-order valence-electron chi connectivity index (χ4n) is 0.883. The van der Waals surface area contributed by atoms with Crippen LogP contribution in [0.1, 0.15) is 12.5 Å². The molecule has 0 atom stereocenters. The van der Waals surface area contributed by atoms with Gasteiger partial charge in [0.05, 0.1) is 0 Å². The molecule has 1 aromatic heterocycles. The predicted molar refractivity (Wildman–Crippen MR) is 59.3 cm³/mol. The van der Waals surface area contributed by atoms with E-state index in [1.165, 1.54) is 23.5 Å². The van der Waals surface area contributed by atoms with Crippen molar-refractivity contribution < 1.29 is 0 Å². The van der Waals surface area contributed by atoms with Crippen molar-refractivity contribution in [1.29, 1.82) is 5.26 Å². The molecule has 0 fully saturated rings. The highest BCUT2D eigenvalue weighted by molar-refractivity contribution is 7.99. The van der Waals surface area contributed by atoms with Gasteiger partial charge in [-0.2, -0.15) is 5.26 Å². The molecule has 0 saturated heterocycles. The number of hydrogen-bond donors (Lipinski definition) is 1. The van der Waals surface area contributed by atoms with Gasteiger partial charge in [0.15, 0.2) is 5.16 Å². The van der Waals surface area contributed by atoms with E-state index in [2.05, 4.69) is 9.97 Å². The Bertz CT molecular complexity index is 372. The Labute approximate surface area is 91.3 Å². The van der Waals surface area contributed by atoms with Crippen LogP contribution < -0.4 is 5.73 Å². The molecule has 1 aromatic rings. The van der Waals surface area contributed by atoms with Crippen LogP contribution in [0.15, 0.2) is 10.2 Å². The van der Waals surface area contributed by atoms with Crippen LogP contribution in [0.25, 0.3) is 0 Å². The van der Waals surface area contributed by atoms with E-state index >= 15 is 0 Å². The van der Waals surface area contributed by atoms with Gasteiger partial charge in [0.1, 0.15) is 22.5 Å². The number of aromatic nitrogens is 2. The van der Waals surface area contributed by atoms with Crippen molar-refractivity contribution in [2.45, 2.75) is 17.1 Å². The van der Waals surface area contributed by atoms with Crippen molar-refractivity contribution in [3.63, 3.8) is 0 Å². The van der Waals surface area contributed by atoms with E-state index < -0.39 is 0 Å². The topological polar surface area (TPSA) is 75.6 Å². The summed E-state index contributed by atoms with van der Waals surface area (Å²) in [7, 11) is 0. The Hall–Kier alpha value is -0.930. The summed E-state index contributed by atoms with van der Waals surface area (Å²) < 4.78 is 0. The Morgan fingerprint density at radius 2 is 2.21 bits per heavy atom. The number of nitrogens with zero attached hydrogens (tertiary/aromatic N) is 3. The van der Waals surface area contributed by atoms with Crippen LogP contribution in [0.2, 0.25) is 0 Å². The first-order chi connectivity index (χ1) is 6.72. The van der Waals surface area contributed by atoms with Crippen LogP contribution in [0, 0.1) is 11.3 Å². The molecular weight excluding hydrogens is 216 g/mol. The maximum Gasteiger partial charge on any atom is 0.190 e. The summed E-state index contributed by atoms with van der Waals surface area (Å²) in [6.45, 7) is 2.02. The van der Waals surface area contributed by atoms with Gasteiger partial charge in [-0.1, -0.05) is 18.7 Å². The van der Waals surface area contributed by atoms with E-state index in [-0.39, 0.29) is 5.82 Å². The minimum atomic E-state index is 0.266. The normalized spacial score (nSPS) is 9.79. The Kier molecular flexibility index (Phi) is 4.04. The molecule has 0 unspecified atom stereocenters. The first-order valence-corrected chi connectivity index (χ1v) is 6.18. The minimum absolute atomic E-state index is 0.266. The zero-order chi connectivity index (χ0) is 10.6. The third-order valence-corrected chi connectivity index (χ3v) is 2.87. The van der Waals surface area contributed by atoms with E-state index in [0.717, 1.165) is 5.75 Å². The van der Waals surface area contributed by atoms with Gasteiger partial charge in [0.25, 0.3) is 0 Å². The zero-order valence-electron chi connectivity index (χ0n) is 7.94. The lowest BCUT2D eigenvalue weighted by Crippen LogP contribution is -2.01. The molecule has 6 heteroatoms. The quantitative estimate of drug-likeness (QED) is 0.481. The van der Waals surface area contributed by atoms with Crippen LogP contribution in [-0.4, -0.2) is 22.0 Å². The number of nitrogen functional groups attached to an aromatic ring is 1. The second kappa shape index (κ2) is 5.08. The van der Waals surface area contributed by atoms with Crippen molar-refractivity contribution in [3.05, 3.63) is 5.56 Å². The first kappa shape index (κ1) is 11.1. The lowest BCUT2D eigenvalue weighted by Gasteiger charge is -2.04. The molecule has 0 aliphatic carbocycles. The number of rotatable bonds is 3. The van der Waals surface area contributed by atoms with Gasteiger partial charge in [-0.25, -0.2) is 9.97 Å². The average Bonchev–Trinajstić information content (AvgIpc) is 2.17. The fourth-order valence-corrected chi connectivity index (χ4v) is 2.05. The summed E-state index contributed by atoms with van der Waals surface area (Å²) in [6, 6.07) is 2.00. The average molecular weight is 226 g/mol. The van der Waals surface area contributed by atoms with Crippen molar-refractivity contribution in [2.24, 2.45) is 0 Å². The van der Waals surface area contributed by atoms with E-state index in [0.29, 0.717) is 15.7 Å². The Balaban J connectivity index is 3.19. The smallest absolute Gasteiger partial charge is 0.190 e. The van der Waals surface area contributed by atoms with Crippen molar-refractivity contribution >= 4 is 29.3 Å². The summed E-state index contributed by atoms with van der Waals surface area (Å²) >= 11 is 2.92. The van der Waals surface area contributed by atoms with E-state index in [4.69, 9.17) is 11.0 Å². The molecule has 0 aliphatic rings. The second-order valence-electron chi connectivity index (χ2n) is 2.32. The largest absolute Gasteiger partial charge is 0.382 e. The molecule has 2 N–H and O–H groups in total. The molecular formula is C8H10N4S2. The highest BCUT2D eigenvalue weighted by Crippen LogP contribution is 2.24. The van der Waals surface area contributed by atoms with Crippen LogP contribution in [-0.2, 0) is 0 Å². The first-order valence-electron chi connectivity index (χ1n) is 3.97. The van der Waals surface area contributed by atoms with Crippen LogP contribution in [0.3, 0.4) is 0 Å². The van der Waals surface area contributed by atoms with Gasteiger partial charge in [-0.05, 0) is 12.0 Å². The summed E-state index contributed by atoms with van der Waals surface area (Å²) in [5.74, 6) is 1.15. The molecule has 0 bridgehead atoms. The van der Waals surface area contributed by atoms with Crippen molar-refractivity contribution in [2.75, 3.05) is 17.7 Å². The van der Waals surface area contributed by atoms with E-state index in [1.807, 2.05) is 19.2 Å². The fraction of sp³-hybridized carbons (Fsp3) is 0.375. The van der Waals surface area contributed by atoms with Gasteiger partial charge in [0, 0.05) is 0 Å². The van der Waals surface area contributed by atoms with Gasteiger partial charge in [0.2, 0.25) is 0 Å². The maximum atomic E-state index is 8.82. The summed E-state index contributed by atoms with van der Waals surface area (Å²) in [6.07, 6.45) is 1.86. The molecule has 0 saturated carbocycles. The van der Waals surface area contributed by atoms with Gasteiger partial charge in [-0.15, -0.1) is 11.8 Å². The summed E-state index contributed by atoms with van der Waals surface area (Å²) in [5.41, 5.74) is 6.01. The Morgan fingerprint density at radius 3 is 2.71 bits per heavy atom. The molecule has 14 heavy (non-hydrogen) atoms. The van der Waals surface area contributed by atoms with Crippen LogP contribution in [0.5, 0.6) is 0 Å². The summed E-state index contributed by atoms with van der Waals surface area (Å²) in [4.78, 5) is 8.26. The third-order valence-electron chi connectivity index (χ3n) is 1.46. The molecule has 0 aromatic carbocycles. The predicted octanol–water partition coefficient (Wildman–Crippen LogP) is 1.76. The molecule has 0 spiro atoms. The highest BCUT2D eigenvalue weighted by Gasteiger charge is 2.10. The SMILES string of the molecule is CCSc1nc(N)c(C#N)c(SC)n1. The van der Waals surface area contributed by atoms with Crippen LogP contribution >= 0.6 is 23.5 Å². The van der Waals surface area contributed by atoms with E-state index in [1.54, 1.807) is 0 Å². The molecule has 4 nitrogen and oxygen atoms in total. The van der Waals surface area contributed by atoms with Gasteiger partial charge in [-0.3, -0.25) is 0 Å². The minimum Gasteiger partial charge on any atom is -0.382 e. The number of nitrogens with two attached hydrogens (primary N) is 1. The molecule has 1 rings (SSSR count). The molecule has 1 heterocycles. The summed E-state index contributed by atoms with van der Waals surface area (Å²) in [5, 5.41) is 10.1. The standard InChI is InChI=1S/C8H10N4S2/c1-3-14-8-11-6(10)5(4-9)7(12-8)13-2/h3H2,1-2H3,(H2,10,11,12). The second-order valence-corrected chi connectivity index (χ2v) is 4.35. The number of anilines is 1. The number of nitriles is 1. The van der Waals surface area contributed by atoms with Gasteiger partial charge < -0.3 is 5.73 Å². The number of hydrogen-bond acceptors (Lipinski definition) is 6. The molecule has 0 radical (unpaired) electrons. The van der Waals surface area contributed by atoms with Crippen molar-refractivity contribution in [1.82, 2.24) is 9.97 Å². The van der Waals surface area contributed by atoms with Crippen LogP contribution in [0.4, 0.5) is 5.82 Å². The Morgan fingerprint density at radius 1 is 1.50 bits per heavy atom. The van der Waals surface area contributed by atoms with Crippen molar-refractivity contribution in [3.8, 4) is 6.07 Å². The zero-order valence-corrected chi connectivity index (χ0v) is 9.58. The maximum absolute atomic E-state index is 8.82. The lowest BCUT2D eigenvalue weighted by molar-refractivity contribution is 0.892. The van der Waals surface area contributed by atoms with E-state index in [9.17, 15) is 0 Å². The molecule has 74 valence electrons. The third kappa shape index (κ3) is 2.30. The molecule has 0 amide bonds. The monoisotopic (exact) mass is 226 g/mol. The van der Waals surface area contributed by atoms with Gasteiger partial charge >= 0.3 is 0 Å². The lowest BCUT2D eigenvalue weighted by atomic mass is 10.3. The number of thioether (sulfide) groups is 2. The molecule has 0 aliphatic heterocycles.